The Hall–Kier alpha value is -2.94. The lowest BCUT2D eigenvalue weighted by Crippen LogP contribution is -2.38. The highest BCUT2D eigenvalue weighted by Gasteiger charge is 2.28. The van der Waals surface area contributed by atoms with E-state index in [1.807, 2.05) is 0 Å². The molecule has 0 saturated heterocycles. The average Bonchev–Trinajstić information content (AvgIpc) is 2.64. The SMILES string of the molecule is CCc1c(S(=O)(=O)c2ccccc2)c(N)nc2c1c(=O)n(C)c(=O)n2C. The van der Waals surface area contributed by atoms with Crippen molar-refractivity contribution in [3.05, 3.63) is 56.7 Å². The van der Waals surface area contributed by atoms with E-state index in [1.165, 1.54) is 30.8 Å². The number of hydrogen-bond donors (Lipinski definition) is 1. The molecule has 3 aromatic rings. The summed E-state index contributed by atoms with van der Waals surface area (Å²) in [5.41, 5.74) is 5.14. The van der Waals surface area contributed by atoms with Gasteiger partial charge in [0.2, 0.25) is 9.84 Å². The zero-order valence-electron chi connectivity index (χ0n) is 14.6. The number of anilines is 1. The van der Waals surface area contributed by atoms with Crippen LogP contribution in [0.3, 0.4) is 0 Å². The molecule has 8 nitrogen and oxygen atoms in total. The molecule has 0 bridgehead atoms. The summed E-state index contributed by atoms with van der Waals surface area (Å²) in [6, 6.07) is 7.82. The fourth-order valence-corrected chi connectivity index (χ4v) is 4.66. The van der Waals surface area contributed by atoms with E-state index >= 15 is 0 Å². The zero-order chi connectivity index (χ0) is 19.2. The number of rotatable bonds is 3. The first-order valence-electron chi connectivity index (χ1n) is 7.90. The maximum atomic E-state index is 13.1. The van der Waals surface area contributed by atoms with E-state index in [4.69, 9.17) is 5.73 Å². The Bertz CT molecular complexity index is 1240. The lowest BCUT2D eigenvalue weighted by molar-refractivity contribution is 0.595. The van der Waals surface area contributed by atoms with Crippen LogP contribution in [0.2, 0.25) is 0 Å². The minimum atomic E-state index is -3.98. The van der Waals surface area contributed by atoms with Crippen LogP contribution < -0.4 is 17.0 Å². The summed E-state index contributed by atoms with van der Waals surface area (Å²) in [6.07, 6.45) is 0.234. The van der Waals surface area contributed by atoms with Gasteiger partial charge in [-0.3, -0.25) is 13.9 Å². The van der Waals surface area contributed by atoms with Crippen molar-refractivity contribution in [1.82, 2.24) is 14.1 Å². The molecular formula is C17H18N4O4S. The Morgan fingerprint density at radius 2 is 1.69 bits per heavy atom. The number of fused-ring (bicyclic) bond motifs is 1. The van der Waals surface area contributed by atoms with Crippen molar-refractivity contribution in [2.24, 2.45) is 14.1 Å². The van der Waals surface area contributed by atoms with Gasteiger partial charge in [0, 0.05) is 14.1 Å². The third-order valence-electron chi connectivity index (χ3n) is 4.34. The third-order valence-corrected chi connectivity index (χ3v) is 6.23. The highest BCUT2D eigenvalue weighted by molar-refractivity contribution is 7.91. The maximum absolute atomic E-state index is 13.1. The topological polar surface area (TPSA) is 117 Å². The van der Waals surface area contributed by atoms with Crippen LogP contribution in [0.4, 0.5) is 5.82 Å². The highest BCUT2D eigenvalue weighted by atomic mass is 32.2. The van der Waals surface area contributed by atoms with Gasteiger partial charge in [0.05, 0.1) is 10.3 Å². The van der Waals surface area contributed by atoms with Gasteiger partial charge < -0.3 is 5.73 Å². The molecule has 136 valence electrons. The van der Waals surface area contributed by atoms with E-state index in [2.05, 4.69) is 4.98 Å². The molecule has 0 atom stereocenters. The quantitative estimate of drug-likeness (QED) is 0.718. The average molecular weight is 374 g/mol. The van der Waals surface area contributed by atoms with Crippen LogP contribution >= 0.6 is 0 Å². The molecule has 0 unspecified atom stereocenters. The molecule has 0 amide bonds. The van der Waals surface area contributed by atoms with Crippen molar-refractivity contribution in [3.63, 3.8) is 0 Å². The number of benzene rings is 1. The molecule has 2 heterocycles. The van der Waals surface area contributed by atoms with Crippen molar-refractivity contribution in [2.45, 2.75) is 23.1 Å². The van der Waals surface area contributed by atoms with Crippen molar-refractivity contribution in [3.8, 4) is 0 Å². The molecule has 2 aromatic heterocycles. The largest absolute Gasteiger partial charge is 0.383 e. The minimum Gasteiger partial charge on any atom is -0.383 e. The van der Waals surface area contributed by atoms with Gasteiger partial charge in [-0.05, 0) is 24.1 Å². The molecule has 2 N–H and O–H groups in total. The van der Waals surface area contributed by atoms with E-state index < -0.39 is 21.1 Å². The summed E-state index contributed by atoms with van der Waals surface area (Å²) in [5.74, 6) is -0.235. The van der Waals surface area contributed by atoms with Crippen molar-refractivity contribution in [1.29, 1.82) is 0 Å². The van der Waals surface area contributed by atoms with Gasteiger partial charge in [0.25, 0.3) is 5.56 Å². The molecule has 1 aromatic carbocycles. The minimum absolute atomic E-state index is 0.0594. The first kappa shape index (κ1) is 17.9. The summed E-state index contributed by atoms with van der Waals surface area (Å²) in [6.45, 7) is 1.72. The Morgan fingerprint density at radius 3 is 2.27 bits per heavy atom. The second-order valence-electron chi connectivity index (χ2n) is 5.88. The number of aryl methyl sites for hydroxylation is 2. The number of nitrogens with zero attached hydrogens (tertiary/aromatic N) is 3. The van der Waals surface area contributed by atoms with Gasteiger partial charge >= 0.3 is 5.69 Å². The van der Waals surface area contributed by atoms with Crippen molar-refractivity contribution < 1.29 is 8.42 Å². The van der Waals surface area contributed by atoms with Crippen LogP contribution in [-0.4, -0.2) is 22.5 Å². The molecule has 9 heteroatoms. The number of sulfone groups is 1. The molecule has 0 saturated carbocycles. The predicted molar refractivity (Wildman–Crippen MR) is 97.9 cm³/mol. The van der Waals surface area contributed by atoms with Crippen molar-refractivity contribution >= 4 is 26.7 Å². The Balaban J connectivity index is 2.56. The van der Waals surface area contributed by atoms with Gasteiger partial charge in [-0.15, -0.1) is 0 Å². The third kappa shape index (κ3) is 2.43. The van der Waals surface area contributed by atoms with E-state index in [1.54, 1.807) is 25.1 Å². The molecule has 3 rings (SSSR count). The smallest absolute Gasteiger partial charge is 0.332 e. The van der Waals surface area contributed by atoms with Gasteiger partial charge in [-0.2, -0.15) is 0 Å². The molecule has 26 heavy (non-hydrogen) atoms. The van der Waals surface area contributed by atoms with E-state index in [-0.39, 0.29) is 38.6 Å². The number of nitrogen functional groups attached to an aromatic ring is 1. The number of hydrogen-bond acceptors (Lipinski definition) is 6. The van der Waals surface area contributed by atoms with E-state index in [9.17, 15) is 18.0 Å². The van der Waals surface area contributed by atoms with Crippen LogP contribution in [0.15, 0.2) is 49.7 Å². The Kier molecular flexibility index (Phi) is 4.19. The van der Waals surface area contributed by atoms with Gasteiger partial charge in [-0.25, -0.2) is 18.2 Å². The summed E-state index contributed by atoms with van der Waals surface area (Å²) < 4.78 is 28.4. The summed E-state index contributed by atoms with van der Waals surface area (Å²) in [4.78, 5) is 28.8. The fraction of sp³-hybridized carbons (Fsp3) is 0.235. The lowest BCUT2D eigenvalue weighted by Gasteiger charge is -2.16. The molecule has 0 fully saturated rings. The fourth-order valence-electron chi connectivity index (χ4n) is 3.02. The summed E-state index contributed by atoms with van der Waals surface area (Å²) in [5, 5.41) is 0.0841. The second-order valence-corrected chi connectivity index (χ2v) is 7.77. The molecule has 0 radical (unpaired) electrons. The monoisotopic (exact) mass is 374 g/mol. The van der Waals surface area contributed by atoms with Gasteiger partial charge in [0.1, 0.15) is 10.7 Å². The van der Waals surface area contributed by atoms with Crippen LogP contribution in [0.5, 0.6) is 0 Å². The van der Waals surface area contributed by atoms with Crippen LogP contribution in [0.1, 0.15) is 12.5 Å². The molecule has 0 aliphatic carbocycles. The van der Waals surface area contributed by atoms with Gasteiger partial charge in [-0.1, -0.05) is 25.1 Å². The Labute approximate surface area is 149 Å². The first-order chi connectivity index (χ1) is 12.2. The summed E-state index contributed by atoms with van der Waals surface area (Å²) in [7, 11) is -1.18. The van der Waals surface area contributed by atoms with Crippen LogP contribution in [0.25, 0.3) is 11.0 Å². The number of pyridine rings is 1. The normalized spacial score (nSPS) is 11.8. The Morgan fingerprint density at radius 1 is 1.08 bits per heavy atom. The number of nitrogens with two attached hydrogens (primary N) is 1. The lowest BCUT2D eigenvalue weighted by atomic mass is 10.1. The van der Waals surface area contributed by atoms with E-state index in [0.717, 1.165) is 4.57 Å². The maximum Gasteiger partial charge on any atom is 0.332 e. The standard InChI is InChI=1S/C17H18N4O4S/c1-4-11-12-15(20(2)17(23)21(3)16(12)22)19-14(18)13(11)26(24,25)10-8-6-5-7-9-10/h5-9H,4H2,1-3H3,(H2,18,19). The molecule has 0 spiro atoms. The first-order valence-corrected chi connectivity index (χ1v) is 9.38. The second kappa shape index (κ2) is 6.10. The van der Waals surface area contributed by atoms with E-state index in [0.29, 0.717) is 0 Å². The number of aromatic nitrogens is 3. The predicted octanol–water partition coefficient (Wildman–Crippen LogP) is 0.610. The zero-order valence-corrected chi connectivity index (χ0v) is 15.4. The van der Waals surface area contributed by atoms with Crippen LogP contribution in [-0.2, 0) is 30.4 Å². The van der Waals surface area contributed by atoms with Gasteiger partial charge in [0.15, 0.2) is 5.65 Å². The van der Waals surface area contributed by atoms with Crippen molar-refractivity contribution in [2.75, 3.05) is 5.73 Å². The molecule has 0 aliphatic rings. The van der Waals surface area contributed by atoms with Crippen LogP contribution in [0, 0.1) is 0 Å². The highest BCUT2D eigenvalue weighted by Crippen LogP contribution is 2.31. The summed E-state index contributed by atoms with van der Waals surface area (Å²) >= 11 is 0. The molecular weight excluding hydrogens is 356 g/mol. The molecule has 0 aliphatic heterocycles.